The van der Waals surface area contributed by atoms with Crippen LogP contribution in [-0.2, 0) is 6.42 Å². The molecule has 0 saturated heterocycles. The Morgan fingerprint density at radius 3 is 2.28 bits per heavy atom. The van der Waals surface area contributed by atoms with Crippen LogP contribution in [0.3, 0.4) is 0 Å². The van der Waals surface area contributed by atoms with Gasteiger partial charge in [-0.05, 0) is 36.2 Å². The molecular formula is C17H17F2N3O3. The van der Waals surface area contributed by atoms with Crippen LogP contribution in [0.15, 0.2) is 54.6 Å². The molecule has 0 radical (unpaired) electrons. The number of amides is 3. The van der Waals surface area contributed by atoms with E-state index in [2.05, 4.69) is 20.9 Å². The molecule has 2 rings (SSSR count). The van der Waals surface area contributed by atoms with Crippen LogP contribution < -0.4 is 20.9 Å². The number of ether oxygens (including phenoxy) is 1. The predicted octanol–water partition coefficient (Wildman–Crippen LogP) is 2.47. The number of rotatable bonds is 6. The molecule has 6 nitrogen and oxygen atoms in total. The summed E-state index contributed by atoms with van der Waals surface area (Å²) in [6.45, 7) is -2.55. The Balaban J connectivity index is 1.67. The smallest absolute Gasteiger partial charge is 0.387 e. The summed E-state index contributed by atoms with van der Waals surface area (Å²) in [5.74, 6) is -0.349. The highest BCUT2D eigenvalue weighted by atomic mass is 19.3. The first-order chi connectivity index (χ1) is 12.0. The molecule has 3 N–H and O–H groups in total. The monoisotopic (exact) mass is 349 g/mol. The lowest BCUT2D eigenvalue weighted by atomic mass is 10.1. The lowest BCUT2D eigenvalue weighted by Crippen LogP contribution is -2.47. The maximum atomic E-state index is 12.0. The molecule has 2 aromatic rings. The Morgan fingerprint density at radius 2 is 1.64 bits per heavy atom. The van der Waals surface area contributed by atoms with Crippen molar-refractivity contribution in [2.75, 3.05) is 6.54 Å². The van der Waals surface area contributed by atoms with Crippen LogP contribution in [0.5, 0.6) is 5.75 Å². The molecule has 0 saturated carbocycles. The summed E-state index contributed by atoms with van der Waals surface area (Å²) in [5, 5.41) is 2.57. The van der Waals surface area contributed by atoms with E-state index in [1.807, 2.05) is 0 Å². The molecule has 25 heavy (non-hydrogen) atoms. The van der Waals surface area contributed by atoms with Crippen molar-refractivity contribution in [3.05, 3.63) is 65.7 Å². The van der Waals surface area contributed by atoms with Crippen molar-refractivity contribution in [1.82, 2.24) is 16.2 Å². The second-order valence-electron chi connectivity index (χ2n) is 4.97. The number of hydrogen-bond donors (Lipinski definition) is 3. The van der Waals surface area contributed by atoms with Gasteiger partial charge in [0.15, 0.2) is 0 Å². The van der Waals surface area contributed by atoms with Crippen LogP contribution in [0.1, 0.15) is 15.9 Å². The first-order valence-corrected chi connectivity index (χ1v) is 7.47. The normalized spacial score (nSPS) is 10.2. The van der Waals surface area contributed by atoms with Crippen LogP contribution in [0.2, 0.25) is 0 Å². The number of benzene rings is 2. The molecule has 3 amide bonds. The number of hydrazine groups is 1. The number of halogens is 2. The molecule has 0 aromatic heterocycles. The van der Waals surface area contributed by atoms with Crippen LogP contribution in [0.4, 0.5) is 13.6 Å². The van der Waals surface area contributed by atoms with Gasteiger partial charge in [-0.15, -0.1) is 0 Å². The van der Waals surface area contributed by atoms with E-state index in [9.17, 15) is 18.4 Å². The summed E-state index contributed by atoms with van der Waals surface area (Å²) >= 11 is 0. The third-order valence-electron chi connectivity index (χ3n) is 3.17. The number of nitrogens with one attached hydrogen (secondary N) is 3. The highest BCUT2D eigenvalue weighted by molar-refractivity contribution is 5.95. The van der Waals surface area contributed by atoms with Crippen LogP contribution in [0.25, 0.3) is 0 Å². The van der Waals surface area contributed by atoms with Gasteiger partial charge in [0, 0.05) is 12.1 Å². The van der Waals surface area contributed by atoms with E-state index >= 15 is 0 Å². The summed E-state index contributed by atoms with van der Waals surface area (Å²) in [6, 6.07) is 14.0. The summed E-state index contributed by atoms with van der Waals surface area (Å²) < 4.78 is 28.3. The molecule has 0 aliphatic heterocycles. The average Bonchev–Trinajstić information content (AvgIpc) is 2.61. The molecule has 0 fully saturated rings. The summed E-state index contributed by atoms with van der Waals surface area (Å²) in [6.07, 6.45) is 0.495. The Morgan fingerprint density at radius 1 is 0.960 bits per heavy atom. The van der Waals surface area contributed by atoms with Gasteiger partial charge in [-0.2, -0.15) is 8.78 Å². The van der Waals surface area contributed by atoms with Crippen LogP contribution in [0, 0.1) is 0 Å². The maximum absolute atomic E-state index is 12.0. The summed E-state index contributed by atoms with van der Waals surface area (Å²) in [5.41, 5.74) is 5.80. The highest BCUT2D eigenvalue weighted by Gasteiger charge is 2.06. The first-order valence-electron chi connectivity index (χ1n) is 7.47. The molecule has 0 spiro atoms. The van der Waals surface area contributed by atoms with Gasteiger partial charge in [-0.3, -0.25) is 10.2 Å². The second kappa shape index (κ2) is 9.21. The van der Waals surface area contributed by atoms with Crippen molar-refractivity contribution in [3.8, 4) is 5.75 Å². The molecule has 0 aliphatic rings. The van der Waals surface area contributed by atoms with Gasteiger partial charge in [-0.1, -0.05) is 30.3 Å². The highest BCUT2D eigenvalue weighted by Crippen LogP contribution is 2.14. The quantitative estimate of drug-likeness (QED) is 0.701. The van der Waals surface area contributed by atoms with E-state index < -0.39 is 18.5 Å². The van der Waals surface area contributed by atoms with Crippen molar-refractivity contribution in [2.45, 2.75) is 13.0 Å². The third-order valence-corrected chi connectivity index (χ3v) is 3.17. The van der Waals surface area contributed by atoms with E-state index in [0.717, 1.165) is 5.56 Å². The lowest BCUT2D eigenvalue weighted by molar-refractivity contribution is -0.0498. The van der Waals surface area contributed by atoms with Crippen LogP contribution in [-0.4, -0.2) is 25.1 Å². The van der Waals surface area contributed by atoms with Crippen molar-refractivity contribution in [2.24, 2.45) is 0 Å². The molecule has 132 valence electrons. The van der Waals surface area contributed by atoms with Gasteiger partial charge in [0.2, 0.25) is 0 Å². The third kappa shape index (κ3) is 6.46. The van der Waals surface area contributed by atoms with Crippen molar-refractivity contribution >= 4 is 11.9 Å². The molecular weight excluding hydrogens is 332 g/mol. The standard InChI is InChI=1S/C17H17F2N3O3/c18-16(19)25-14-8-6-12(7-9-14)10-11-20-17(24)22-21-15(23)13-4-2-1-3-5-13/h1-9,16H,10-11H2,(H,21,23)(H2,20,22,24). The fourth-order valence-electron chi connectivity index (χ4n) is 1.98. The van der Waals surface area contributed by atoms with Crippen molar-refractivity contribution in [1.29, 1.82) is 0 Å². The van der Waals surface area contributed by atoms with Gasteiger partial charge in [-0.25, -0.2) is 10.2 Å². The van der Waals surface area contributed by atoms with E-state index in [1.165, 1.54) is 12.1 Å². The SMILES string of the molecule is O=C(NCCc1ccc(OC(F)F)cc1)NNC(=O)c1ccccc1. The first kappa shape index (κ1) is 18.2. The zero-order valence-electron chi connectivity index (χ0n) is 13.2. The molecule has 8 heteroatoms. The number of carbonyl (C=O) groups is 2. The number of carbonyl (C=O) groups excluding carboxylic acids is 2. The fraction of sp³-hybridized carbons (Fsp3) is 0.176. The Kier molecular flexibility index (Phi) is 6.70. The zero-order chi connectivity index (χ0) is 18.1. The molecule has 0 bridgehead atoms. The van der Waals surface area contributed by atoms with Gasteiger partial charge >= 0.3 is 12.6 Å². The number of alkyl halides is 2. The average molecular weight is 349 g/mol. The van der Waals surface area contributed by atoms with Crippen molar-refractivity contribution < 1.29 is 23.1 Å². The molecule has 0 unspecified atom stereocenters. The molecule has 0 heterocycles. The summed E-state index contributed by atoms with van der Waals surface area (Å²) in [4.78, 5) is 23.3. The molecule has 0 atom stereocenters. The molecule has 2 aromatic carbocycles. The maximum Gasteiger partial charge on any atom is 0.387 e. The molecule has 0 aliphatic carbocycles. The second-order valence-corrected chi connectivity index (χ2v) is 4.97. The van der Waals surface area contributed by atoms with Gasteiger partial charge in [0.1, 0.15) is 5.75 Å². The van der Waals surface area contributed by atoms with Gasteiger partial charge < -0.3 is 10.1 Å². The van der Waals surface area contributed by atoms with E-state index in [4.69, 9.17) is 0 Å². The fourth-order valence-corrected chi connectivity index (χ4v) is 1.98. The zero-order valence-corrected chi connectivity index (χ0v) is 13.2. The summed E-state index contributed by atoms with van der Waals surface area (Å²) in [7, 11) is 0. The Labute approximate surface area is 143 Å². The minimum absolute atomic E-state index is 0.0769. The van der Waals surface area contributed by atoms with E-state index in [1.54, 1.807) is 42.5 Å². The predicted molar refractivity (Wildman–Crippen MR) is 87.2 cm³/mol. The number of hydrogen-bond acceptors (Lipinski definition) is 3. The largest absolute Gasteiger partial charge is 0.435 e. The van der Waals surface area contributed by atoms with Crippen LogP contribution >= 0.6 is 0 Å². The van der Waals surface area contributed by atoms with E-state index in [-0.39, 0.29) is 5.75 Å². The Hall–Kier alpha value is -3.16. The topological polar surface area (TPSA) is 79.5 Å². The van der Waals surface area contributed by atoms with E-state index in [0.29, 0.717) is 18.5 Å². The van der Waals surface area contributed by atoms with Gasteiger partial charge in [0.25, 0.3) is 5.91 Å². The van der Waals surface area contributed by atoms with Gasteiger partial charge in [0.05, 0.1) is 0 Å². The Bertz CT molecular complexity index is 694. The number of urea groups is 1. The lowest BCUT2D eigenvalue weighted by Gasteiger charge is -2.09. The van der Waals surface area contributed by atoms with Crippen molar-refractivity contribution in [3.63, 3.8) is 0 Å². The minimum Gasteiger partial charge on any atom is -0.435 e. The minimum atomic E-state index is -2.86.